The van der Waals surface area contributed by atoms with Gasteiger partial charge >= 0.3 is 0 Å². The predicted octanol–water partition coefficient (Wildman–Crippen LogP) is 1.34. The Bertz CT molecular complexity index is 679. The zero-order valence-corrected chi connectivity index (χ0v) is 11.5. The first kappa shape index (κ1) is 13.6. The highest BCUT2D eigenvalue weighted by atomic mass is 32.2. The molecule has 2 aromatic rings. The maximum atomic E-state index is 12.2. The van der Waals surface area contributed by atoms with Crippen LogP contribution in [0, 0.1) is 6.92 Å². The van der Waals surface area contributed by atoms with Crippen molar-refractivity contribution in [3.8, 4) is 0 Å². The average Bonchev–Trinajstić information content (AvgIpc) is 2.75. The van der Waals surface area contributed by atoms with E-state index in [-0.39, 0.29) is 10.9 Å². The highest BCUT2D eigenvalue weighted by Crippen LogP contribution is 2.19. The van der Waals surface area contributed by atoms with Gasteiger partial charge in [0, 0.05) is 11.7 Å². The first-order valence-corrected chi connectivity index (χ1v) is 7.26. The van der Waals surface area contributed by atoms with Crippen molar-refractivity contribution in [2.75, 3.05) is 5.73 Å². The van der Waals surface area contributed by atoms with Gasteiger partial charge in [0.25, 0.3) is 0 Å². The molecule has 1 heterocycles. The number of aryl methyl sites for hydroxylation is 1. The van der Waals surface area contributed by atoms with Crippen LogP contribution in [0.1, 0.15) is 24.2 Å². The van der Waals surface area contributed by atoms with Crippen LogP contribution >= 0.6 is 0 Å². The Morgan fingerprint density at radius 1 is 1.42 bits per heavy atom. The van der Waals surface area contributed by atoms with Crippen molar-refractivity contribution in [2.24, 2.45) is 0 Å². The number of nitrogens with zero attached hydrogens (tertiary/aromatic N) is 1. The van der Waals surface area contributed by atoms with E-state index in [0.29, 0.717) is 11.4 Å². The molecule has 19 heavy (non-hydrogen) atoms. The second-order valence-electron chi connectivity index (χ2n) is 4.37. The molecule has 0 spiro atoms. The average molecular weight is 280 g/mol. The molecule has 0 saturated carbocycles. The molecule has 0 bridgehead atoms. The van der Waals surface area contributed by atoms with Crippen molar-refractivity contribution in [3.63, 3.8) is 0 Å². The van der Waals surface area contributed by atoms with Crippen LogP contribution in [-0.2, 0) is 10.0 Å². The van der Waals surface area contributed by atoms with Crippen molar-refractivity contribution in [1.82, 2.24) is 14.9 Å². The Labute approximate surface area is 112 Å². The van der Waals surface area contributed by atoms with E-state index in [4.69, 9.17) is 5.73 Å². The van der Waals surface area contributed by atoms with Crippen molar-refractivity contribution in [2.45, 2.75) is 24.8 Å². The number of rotatable bonds is 4. The van der Waals surface area contributed by atoms with Gasteiger partial charge in [-0.3, -0.25) is 5.10 Å². The topological polar surface area (TPSA) is 101 Å². The van der Waals surface area contributed by atoms with E-state index in [0.717, 1.165) is 5.56 Å². The van der Waals surface area contributed by atoms with Crippen molar-refractivity contribution in [3.05, 3.63) is 41.7 Å². The minimum Gasteiger partial charge on any atom is -0.399 e. The van der Waals surface area contributed by atoms with Gasteiger partial charge in [-0.25, -0.2) is 13.1 Å². The number of anilines is 1. The number of sulfonamides is 1. The number of nitrogen functional groups attached to an aromatic ring is 1. The number of nitrogens with two attached hydrogens (primary N) is 1. The zero-order valence-electron chi connectivity index (χ0n) is 10.7. The Balaban J connectivity index is 2.24. The van der Waals surface area contributed by atoms with Gasteiger partial charge in [0.1, 0.15) is 4.90 Å². The third-order valence-corrected chi connectivity index (χ3v) is 4.47. The lowest BCUT2D eigenvalue weighted by Gasteiger charge is -2.14. The molecule has 6 nitrogen and oxygen atoms in total. The lowest BCUT2D eigenvalue weighted by Crippen LogP contribution is -2.27. The van der Waals surface area contributed by atoms with E-state index in [1.54, 1.807) is 32.0 Å². The molecule has 102 valence electrons. The van der Waals surface area contributed by atoms with E-state index >= 15 is 0 Å². The monoisotopic (exact) mass is 280 g/mol. The van der Waals surface area contributed by atoms with Crippen LogP contribution in [0.3, 0.4) is 0 Å². The van der Waals surface area contributed by atoms with E-state index in [1.807, 2.05) is 6.07 Å². The van der Waals surface area contributed by atoms with Crippen LogP contribution in [0.2, 0.25) is 0 Å². The largest absolute Gasteiger partial charge is 0.399 e. The minimum atomic E-state index is -3.59. The lowest BCUT2D eigenvalue weighted by atomic mass is 10.1. The lowest BCUT2D eigenvalue weighted by molar-refractivity contribution is 0.566. The highest BCUT2D eigenvalue weighted by molar-refractivity contribution is 7.89. The number of nitrogens with one attached hydrogen (secondary N) is 2. The first-order chi connectivity index (χ1) is 8.90. The number of aromatic amines is 1. The van der Waals surface area contributed by atoms with Gasteiger partial charge < -0.3 is 5.73 Å². The summed E-state index contributed by atoms with van der Waals surface area (Å²) in [6.45, 7) is 3.43. The number of hydrogen-bond donors (Lipinski definition) is 3. The number of H-pyrrole nitrogens is 1. The molecule has 0 aliphatic carbocycles. The van der Waals surface area contributed by atoms with E-state index in [9.17, 15) is 8.42 Å². The summed E-state index contributed by atoms with van der Waals surface area (Å²) < 4.78 is 27.0. The van der Waals surface area contributed by atoms with Crippen LogP contribution in [0.4, 0.5) is 5.69 Å². The van der Waals surface area contributed by atoms with Crippen molar-refractivity contribution in [1.29, 1.82) is 0 Å². The minimum absolute atomic E-state index is 0.156. The van der Waals surface area contributed by atoms with E-state index < -0.39 is 10.0 Å². The maximum Gasteiger partial charge on any atom is 0.244 e. The Kier molecular flexibility index (Phi) is 3.59. The second kappa shape index (κ2) is 5.02. The van der Waals surface area contributed by atoms with E-state index in [2.05, 4.69) is 14.9 Å². The van der Waals surface area contributed by atoms with Gasteiger partial charge in [-0.15, -0.1) is 0 Å². The summed E-state index contributed by atoms with van der Waals surface area (Å²) in [5.74, 6) is 0. The fraction of sp³-hybridized carbons (Fsp3) is 0.250. The van der Waals surface area contributed by atoms with Gasteiger partial charge in [0.2, 0.25) is 10.0 Å². The SMILES string of the molecule is Cc1[nH]ncc1S(=O)(=O)NC(C)c1cccc(N)c1. The van der Waals surface area contributed by atoms with Crippen LogP contribution in [0.25, 0.3) is 0 Å². The summed E-state index contributed by atoms with van der Waals surface area (Å²) in [5.41, 5.74) is 7.60. The number of aromatic nitrogens is 2. The molecule has 0 fully saturated rings. The normalized spacial score (nSPS) is 13.4. The molecule has 2 rings (SSSR count). The summed E-state index contributed by atoms with van der Waals surface area (Å²) in [7, 11) is -3.59. The van der Waals surface area contributed by atoms with Crippen LogP contribution < -0.4 is 10.5 Å². The standard InChI is InChI=1S/C12H16N4O2S/c1-8(10-4-3-5-11(13)6-10)16-19(17,18)12-7-14-15-9(12)2/h3-8,16H,13H2,1-2H3,(H,14,15). The fourth-order valence-electron chi connectivity index (χ4n) is 1.80. The molecule has 0 aliphatic rings. The summed E-state index contributed by atoms with van der Waals surface area (Å²) in [4.78, 5) is 0.156. The summed E-state index contributed by atoms with van der Waals surface area (Å²) in [6.07, 6.45) is 1.30. The van der Waals surface area contributed by atoms with Crippen LogP contribution in [0.5, 0.6) is 0 Å². The highest BCUT2D eigenvalue weighted by Gasteiger charge is 2.21. The zero-order chi connectivity index (χ0) is 14.0. The Morgan fingerprint density at radius 3 is 2.74 bits per heavy atom. The van der Waals surface area contributed by atoms with E-state index in [1.165, 1.54) is 6.20 Å². The Hall–Kier alpha value is -1.86. The second-order valence-corrected chi connectivity index (χ2v) is 6.05. The number of hydrogen-bond acceptors (Lipinski definition) is 4. The molecule has 0 saturated heterocycles. The third-order valence-electron chi connectivity index (χ3n) is 2.82. The summed E-state index contributed by atoms with van der Waals surface area (Å²) in [5, 5.41) is 6.33. The predicted molar refractivity (Wildman–Crippen MR) is 72.9 cm³/mol. The molecule has 7 heteroatoms. The molecule has 1 atom stereocenters. The molecular weight excluding hydrogens is 264 g/mol. The van der Waals surface area contributed by atoms with Gasteiger partial charge in [0.15, 0.2) is 0 Å². The number of benzene rings is 1. The van der Waals surface area contributed by atoms with Crippen molar-refractivity contribution < 1.29 is 8.42 Å². The summed E-state index contributed by atoms with van der Waals surface area (Å²) >= 11 is 0. The van der Waals surface area contributed by atoms with Gasteiger partial charge in [-0.05, 0) is 31.5 Å². The molecule has 1 aromatic carbocycles. The maximum absolute atomic E-state index is 12.2. The van der Waals surface area contributed by atoms with Gasteiger partial charge in [0.05, 0.1) is 11.9 Å². The Morgan fingerprint density at radius 2 is 2.16 bits per heavy atom. The molecule has 0 radical (unpaired) electrons. The van der Waals surface area contributed by atoms with Crippen molar-refractivity contribution >= 4 is 15.7 Å². The first-order valence-electron chi connectivity index (χ1n) is 5.78. The quantitative estimate of drug-likeness (QED) is 0.736. The molecular formula is C12H16N4O2S. The molecule has 4 N–H and O–H groups in total. The summed E-state index contributed by atoms with van der Waals surface area (Å²) in [6, 6.07) is 6.74. The van der Waals surface area contributed by atoms with Gasteiger partial charge in [-0.2, -0.15) is 5.10 Å². The van der Waals surface area contributed by atoms with Crippen LogP contribution in [-0.4, -0.2) is 18.6 Å². The molecule has 1 unspecified atom stereocenters. The molecule has 1 aromatic heterocycles. The molecule has 0 amide bonds. The fourth-order valence-corrected chi connectivity index (χ4v) is 3.17. The molecule has 0 aliphatic heterocycles. The van der Waals surface area contributed by atoms with Gasteiger partial charge in [-0.1, -0.05) is 12.1 Å². The smallest absolute Gasteiger partial charge is 0.244 e. The van der Waals surface area contributed by atoms with Crippen LogP contribution in [0.15, 0.2) is 35.4 Å². The third kappa shape index (κ3) is 2.94.